The first kappa shape index (κ1) is 27.1. The minimum Gasteiger partial charge on any atom is -0.300 e. The number of halogens is 3. The van der Waals surface area contributed by atoms with Crippen molar-refractivity contribution in [1.82, 2.24) is 20.5 Å². The molecule has 2 aromatic carbocycles. The van der Waals surface area contributed by atoms with Gasteiger partial charge in [0.1, 0.15) is 4.83 Å². The van der Waals surface area contributed by atoms with Crippen molar-refractivity contribution in [2.75, 3.05) is 30.0 Å². The van der Waals surface area contributed by atoms with Crippen molar-refractivity contribution in [3.63, 3.8) is 0 Å². The zero-order valence-electron chi connectivity index (χ0n) is 21.0. The van der Waals surface area contributed by atoms with Gasteiger partial charge >= 0.3 is 12.1 Å². The average Bonchev–Trinajstić information content (AvgIpc) is 3.50. The summed E-state index contributed by atoms with van der Waals surface area (Å²) in [4.78, 5) is 28.7. The average molecular weight is 545 g/mol. The Hall–Kier alpha value is -3.90. The molecule has 2 amide bonds. The summed E-state index contributed by atoms with van der Waals surface area (Å²) in [6, 6.07) is 16.9. The monoisotopic (exact) mass is 544 g/mol. The normalized spacial score (nSPS) is 11.7. The molecule has 0 aliphatic carbocycles. The Kier molecular flexibility index (Phi) is 8.02. The molecule has 0 aliphatic rings. The Labute approximate surface area is 221 Å². The number of aromatic amines is 1. The van der Waals surface area contributed by atoms with Crippen LogP contribution in [0.15, 0.2) is 60.7 Å². The number of carbonyl (C=O) groups is 2. The van der Waals surface area contributed by atoms with Crippen molar-refractivity contribution < 1.29 is 22.8 Å². The minimum absolute atomic E-state index is 0.0186. The van der Waals surface area contributed by atoms with Gasteiger partial charge in [0.15, 0.2) is 5.82 Å². The summed E-state index contributed by atoms with van der Waals surface area (Å²) < 4.78 is 41.0. The van der Waals surface area contributed by atoms with Crippen LogP contribution in [0.5, 0.6) is 0 Å². The predicted molar refractivity (Wildman–Crippen MR) is 143 cm³/mol. The highest BCUT2D eigenvalue weighted by molar-refractivity contribution is 7.20. The van der Waals surface area contributed by atoms with Gasteiger partial charge in [-0.2, -0.15) is 18.3 Å². The Balaban J connectivity index is 1.65. The second kappa shape index (κ2) is 11.2. The number of carbonyl (C=O) groups excluding carboxylic acids is 2. The summed E-state index contributed by atoms with van der Waals surface area (Å²) in [6.45, 7) is 6.35. The second-order valence-electron chi connectivity index (χ2n) is 8.50. The third-order valence-corrected chi connectivity index (χ3v) is 7.06. The fourth-order valence-corrected chi connectivity index (χ4v) is 4.81. The Morgan fingerprint density at radius 2 is 1.66 bits per heavy atom. The Morgan fingerprint density at radius 1 is 1.00 bits per heavy atom. The maximum Gasteiger partial charge on any atom is 0.472 e. The van der Waals surface area contributed by atoms with E-state index >= 15 is 0 Å². The number of amides is 2. The summed E-state index contributed by atoms with van der Waals surface area (Å²) >= 11 is 1.03. The van der Waals surface area contributed by atoms with Crippen LogP contribution in [0.25, 0.3) is 10.2 Å². The number of thiophene rings is 1. The van der Waals surface area contributed by atoms with E-state index < -0.39 is 18.0 Å². The van der Waals surface area contributed by atoms with Crippen LogP contribution in [-0.4, -0.2) is 53.2 Å². The molecule has 0 unspecified atom stereocenters. The zero-order valence-corrected chi connectivity index (χ0v) is 21.9. The first-order chi connectivity index (χ1) is 18.1. The maximum atomic E-state index is 13.7. The van der Waals surface area contributed by atoms with Gasteiger partial charge in [0.2, 0.25) is 0 Å². The lowest BCUT2D eigenvalue weighted by Gasteiger charge is -2.23. The van der Waals surface area contributed by atoms with Crippen molar-refractivity contribution in [3.05, 3.63) is 71.1 Å². The minimum atomic E-state index is -5.14. The molecule has 12 heteroatoms. The van der Waals surface area contributed by atoms with Crippen LogP contribution in [0.3, 0.4) is 0 Å². The zero-order chi connectivity index (χ0) is 27.4. The van der Waals surface area contributed by atoms with Crippen LogP contribution in [-0.2, 0) is 11.3 Å². The molecule has 2 aromatic heterocycles. The van der Waals surface area contributed by atoms with Crippen molar-refractivity contribution in [2.24, 2.45) is 0 Å². The molecule has 2 heterocycles. The van der Waals surface area contributed by atoms with E-state index in [0.29, 0.717) is 16.3 Å². The number of nitrogens with zero attached hydrogens (tertiary/aromatic N) is 4. The predicted octanol–water partition coefficient (Wildman–Crippen LogP) is 5.47. The van der Waals surface area contributed by atoms with Crippen LogP contribution in [0.2, 0.25) is 0 Å². The molecule has 4 rings (SSSR count). The summed E-state index contributed by atoms with van der Waals surface area (Å²) in [5.41, 5.74) is 4.40. The number of hydrazine groups is 1. The number of aromatic nitrogens is 2. The van der Waals surface area contributed by atoms with Crippen molar-refractivity contribution >= 4 is 50.6 Å². The van der Waals surface area contributed by atoms with Crippen LogP contribution < -0.4 is 15.3 Å². The lowest BCUT2D eigenvalue weighted by Crippen LogP contribution is -2.39. The molecule has 0 atom stereocenters. The summed E-state index contributed by atoms with van der Waals surface area (Å²) in [7, 11) is 1.67. The molecule has 38 heavy (non-hydrogen) atoms. The fraction of sp³-hybridized carbons (Fsp3) is 0.269. The van der Waals surface area contributed by atoms with E-state index in [0.717, 1.165) is 35.7 Å². The van der Waals surface area contributed by atoms with Crippen LogP contribution >= 0.6 is 11.3 Å². The maximum absolute atomic E-state index is 13.7. The second-order valence-corrected chi connectivity index (χ2v) is 9.55. The SMILES string of the molecule is CCN(CC)Cc1ccc(N(C(=O)C(F)(F)F)c2n[nH]c3sc(C(=O)NN(C)c4ccccc4)cc23)cc1. The number of fused-ring (bicyclic) bond motifs is 1. The number of hydrogen-bond donors (Lipinski definition) is 2. The van der Waals surface area contributed by atoms with Gasteiger partial charge in [-0.05, 0) is 49.0 Å². The molecule has 0 saturated carbocycles. The highest BCUT2D eigenvalue weighted by atomic mass is 32.1. The van der Waals surface area contributed by atoms with Crippen LogP contribution in [0.4, 0.5) is 30.4 Å². The summed E-state index contributed by atoms with van der Waals surface area (Å²) in [5.74, 6) is -2.76. The number of benzene rings is 2. The smallest absolute Gasteiger partial charge is 0.300 e. The van der Waals surface area contributed by atoms with Gasteiger partial charge in [0.25, 0.3) is 5.91 Å². The molecule has 0 radical (unpaired) electrons. The fourth-order valence-electron chi connectivity index (χ4n) is 3.93. The van der Waals surface area contributed by atoms with Crippen molar-refractivity contribution in [1.29, 1.82) is 0 Å². The Morgan fingerprint density at radius 3 is 2.26 bits per heavy atom. The molecule has 0 fully saturated rings. The number of nitrogens with one attached hydrogen (secondary N) is 2. The standard InChI is InChI=1S/C26H27F3N6O2S/c1-4-34(5-2)16-17-11-13-19(14-12-17)35(25(37)26(27,28)29)22-20-15-21(38-24(20)31-30-22)23(36)32-33(3)18-9-7-6-8-10-18/h6-15H,4-5,16H2,1-3H3,(H,30,31)(H,32,36). The summed E-state index contributed by atoms with van der Waals surface area (Å²) in [5, 5.41) is 8.44. The number of anilines is 3. The van der Waals surface area contributed by atoms with Gasteiger partial charge in [0.05, 0.1) is 21.6 Å². The summed E-state index contributed by atoms with van der Waals surface area (Å²) in [6.07, 6.45) is -5.14. The van der Waals surface area contributed by atoms with E-state index in [4.69, 9.17) is 0 Å². The third kappa shape index (κ3) is 5.81. The first-order valence-corrected chi connectivity index (χ1v) is 12.7. The van der Waals surface area contributed by atoms with E-state index in [1.807, 2.05) is 44.2 Å². The van der Waals surface area contributed by atoms with Crippen molar-refractivity contribution in [2.45, 2.75) is 26.6 Å². The number of rotatable bonds is 9. The van der Waals surface area contributed by atoms with E-state index in [1.54, 1.807) is 19.2 Å². The highest BCUT2D eigenvalue weighted by Gasteiger charge is 2.45. The number of alkyl halides is 3. The van der Waals surface area contributed by atoms with E-state index in [1.165, 1.54) is 23.2 Å². The molecule has 8 nitrogen and oxygen atoms in total. The van der Waals surface area contributed by atoms with E-state index in [9.17, 15) is 22.8 Å². The molecule has 0 bridgehead atoms. The molecule has 2 N–H and O–H groups in total. The number of para-hydroxylation sites is 1. The lowest BCUT2D eigenvalue weighted by molar-refractivity contribution is -0.169. The largest absolute Gasteiger partial charge is 0.472 e. The molecular weight excluding hydrogens is 517 g/mol. The molecule has 200 valence electrons. The van der Waals surface area contributed by atoms with Crippen molar-refractivity contribution in [3.8, 4) is 0 Å². The Bertz CT molecular complexity index is 1400. The van der Waals surface area contributed by atoms with Gasteiger partial charge < -0.3 is 0 Å². The van der Waals surface area contributed by atoms with E-state index in [2.05, 4.69) is 20.5 Å². The van der Waals surface area contributed by atoms with Gasteiger partial charge in [-0.3, -0.25) is 34.9 Å². The molecule has 4 aromatic rings. The number of hydrogen-bond acceptors (Lipinski definition) is 6. The topological polar surface area (TPSA) is 84.6 Å². The quantitative estimate of drug-likeness (QED) is 0.273. The first-order valence-electron chi connectivity index (χ1n) is 11.9. The molecular formula is C26H27F3N6O2S. The van der Waals surface area contributed by atoms with Gasteiger partial charge in [0, 0.05) is 13.6 Å². The van der Waals surface area contributed by atoms with Crippen LogP contribution in [0.1, 0.15) is 29.1 Å². The van der Waals surface area contributed by atoms with Crippen LogP contribution in [0, 0.1) is 0 Å². The third-order valence-electron chi connectivity index (χ3n) is 6.03. The highest BCUT2D eigenvalue weighted by Crippen LogP contribution is 2.37. The van der Waals surface area contributed by atoms with E-state index in [-0.39, 0.29) is 21.8 Å². The lowest BCUT2D eigenvalue weighted by atomic mass is 10.1. The molecule has 0 spiro atoms. The molecule has 0 saturated heterocycles. The van der Waals surface area contributed by atoms with Gasteiger partial charge in [-0.15, -0.1) is 11.3 Å². The van der Waals surface area contributed by atoms with Gasteiger partial charge in [-0.1, -0.05) is 44.2 Å². The molecule has 0 aliphatic heterocycles. The number of H-pyrrole nitrogens is 1. The van der Waals surface area contributed by atoms with Gasteiger partial charge in [-0.25, -0.2) is 0 Å².